The summed E-state index contributed by atoms with van der Waals surface area (Å²) in [4.78, 5) is 6.80. The summed E-state index contributed by atoms with van der Waals surface area (Å²) in [6.45, 7) is 0. The van der Waals surface area contributed by atoms with Gasteiger partial charge < -0.3 is 10.6 Å². The van der Waals surface area contributed by atoms with Crippen LogP contribution in [0, 0.1) is 0 Å². The Morgan fingerprint density at radius 2 is 1.67 bits per heavy atom. The third kappa shape index (κ3) is 1.56. The van der Waals surface area contributed by atoms with Crippen LogP contribution in [-0.4, -0.2) is 19.1 Å². The molecule has 1 aromatic heterocycles. The van der Waals surface area contributed by atoms with Gasteiger partial charge in [0.25, 0.3) is 0 Å². The first-order valence-corrected chi connectivity index (χ1v) is 5.92. The lowest BCUT2D eigenvalue weighted by Gasteiger charge is -2.18. The normalized spacial score (nSPS) is 11.0. The maximum atomic E-state index is 5.89. The van der Waals surface area contributed by atoms with Gasteiger partial charge in [-0.2, -0.15) is 0 Å². The Kier molecular flexibility index (Phi) is 2.33. The van der Waals surface area contributed by atoms with E-state index in [-0.39, 0.29) is 0 Å². The molecule has 0 aliphatic carbocycles. The van der Waals surface area contributed by atoms with E-state index in [0.717, 1.165) is 27.5 Å². The number of nitrogens with two attached hydrogens (primary N) is 1. The number of nitrogens with zero attached hydrogens (tertiary/aromatic N) is 2. The number of benzene rings is 2. The molecule has 3 heteroatoms. The molecular formula is C15H15N3. The zero-order valence-electron chi connectivity index (χ0n) is 10.5. The van der Waals surface area contributed by atoms with Gasteiger partial charge in [0.2, 0.25) is 0 Å². The predicted octanol–water partition coefficient (Wildman–Crippen LogP) is 3.04. The van der Waals surface area contributed by atoms with Gasteiger partial charge in [0, 0.05) is 30.6 Å². The molecule has 3 nitrogen and oxygen atoms in total. The largest absolute Gasteiger partial charge is 0.399 e. The first-order valence-electron chi connectivity index (χ1n) is 5.92. The van der Waals surface area contributed by atoms with E-state index in [0.29, 0.717) is 0 Å². The smallest absolute Gasteiger partial charge is 0.0732 e. The first kappa shape index (κ1) is 10.8. The van der Waals surface area contributed by atoms with Crippen molar-refractivity contribution in [2.45, 2.75) is 0 Å². The molecule has 0 spiro atoms. The molecule has 1 heterocycles. The Morgan fingerprint density at radius 3 is 2.44 bits per heavy atom. The molecule has 0 aliphatic rings. The molecular weight excluding hydrogens is 222 g/mol. The van der Waals surface area contributed by atoms with Gasteiger partial charge in [-0.05, 0) is 24.3 Å². The second-order valence-electron chi connectivity index (χ2n) is 4.65. The van der Waals surface area contributed by atoms with E-state index in [9.17, 15) is 0 Å². The summed E-state index contributed by atoms with van der Waals surface area (Å²) in [7, 11) is 4.09. The van der Waals surface area contributed by atoms with Gasteiger partial charge in [-0.3, -0.25) is 0 Å². The van der Waals surface area contributed by atoms with Crippen LogP contribution in [0.2, 0.25) is 0 Å². The van der Waals surface area contributed by atoms with Crippen LogP contribution in [0.1, 0.15) is 0 Å². The van der Waals surface area contributed by atoms with Crippen molar-refractivity contribution in [3.63, 3.8) is 0 Å². The summed E-state index contributed by atoms with van der Waals surface area (Å²) in [5.74, 6) is 0. The summed E-state index contributed by atoms with van der Waals surface area (Å²) in [5.41, 5.74) is 9.82. The maximum absolute atomic E-state index is 5.89. The van der Waals surface area contributed by atoms with Gasteiger partial charge in [0.15, 0.2) is 0 Å². The summed E-state index contributed by atoms with van der Waals surface area (Å²) in [5, 5.41) is 2.25. The highest BCUT2D eigenvalue weighted by atomic mass is 15.1. The van der Waals surface area contributed by atoms with Gasteiger partial charge >= 0.3 is 0 Å². The SMILES string of the molecule is CN(C)c1c2ccccc2nc2ccc(N)cc12. The molecule has 0 bridgehead atoms. The molecule has 3 aromatic rings. The van der Waals surface area contributed by atoms with Crippen LogP contribution in [0.15, 0.2) is 42.5 Å². The van der Waals surface area contributed by atoms with Crippen LogP contribution in [0.25, 0.3) is 21.8 Å². The molecule has 2 N–H and O–H groups in total. The molecule has 0 fully saturated rings. The van der Waals surface area contributed by atoms with E-state index in [1.807, 2.05) is 50.5 Å². The first-order chi connectivity index (χ1) is 8.66. The summed E-state index contributed by atoms with van der Waals surface area (Å²) >= 11 is 0. The minimum atomic E-state index is 0.766. The average molecular weight is 237 g/mol. The molecule has 0 saturated heterocycles. The molecule has 0 saturated carbocycles. The van der Waals surface area contributed by atoms with Crippen LogP contribution in [0.3, 0.4) is 0 Å². The van der Waals surface area contributed by atoms with Crippen molar-refractivity contribution in [3.05, 3.63) is 42.5 Å². The van der Waals surface area contributed by atoms with Crippen LogP contribution in [-0.2, 0) is 0 Å². The topological polar surface area (TPSA) is 42.2 Å². The van der Waals surface area contributed by atoms with Gasteiger partial charge in [0.05, 0.1) is 16.7 Å². The van der Waals surface area contributed by atoms with Crippen LogP contribution >= 0.6 is 0 Å². The number of hydrogen-bond donors (Lipinski definition) is 1. The monoisotopic (exact) mass is 237 g/mol. The third-order valence-electron chi connectivity index (χ3n) is 3.12. The fourth-order valence-corrected chi connectivity index (χ4v) is 2.37. The highest BCUT2D eigenvalue weighted by molar-refractivity contribution is 6.08. The number of para-hydroxylation sites is 1. The zero-order chi connectivity index (χ0) is 12.7. The zero-order valence-corrected chi connectivity index (χ0v) is 10.5. The molecule has 0 amide bonds. The van der Waals surface area contributed by atoms with Crippen LogP contribution in [0.4, 0.5) is 11.4 Å². The van der Waals surface area contributed by atoms with E-state index < -0.39 is 0 Å². The fraction of sp³-hybridized carbons (Fsp3) is 0.133. The van der Waals surface area contributed by atoms with E-state index in [1.54, 1.807) is 0 Å². The lowest BCUT2D eigenvalue weighted by molar-refractivity contribution is 1.15. The molecule has 2 aromatic carbocycles. The van der Waals surface area contributed by atoms with Crippen molar-refractivity contribution in [1.29, 1.82) is 0 Å². The lowest BCUT2D eigenvalue weighted by atomic mass is 10.1. The Bertz CT molecular complexity index is 732. The molecule has 0 atom stereocenters. The highest BCUT2D eigenvalue weighted by Gasteiger charge is 2.10. The van der Waals surface area contributed by atoms with Gasteiger partial charge in [0.1, 0.15) is 0 Å². The molecule has 90 valence electrons. The van der Waals surface area contributed by atoms with Gasteiger partial charge in [-0.1, -0.05) is 18.2 Å². The fourth-order valence-electron chi connectivity index (χ4n) is 2.37. The molecule has 18 heavy (non-hydrogen) atoms. The maximum Gasteiger partial charge on any atom is 0.0732 e. The number of fused-ring (bicyclic) bond motifs is 2. The average Bonchev–Trinajstić information content (AvgIpc) is 2.35. The Balaban J connectivity index is 2.55. The lowest BCUT2D eigenvalue weighted by Crippen LogP contribution is -2.10. The summed E-state index contributed by atoms with van der Waals surface area (Å²) < 4.78 is 0. The van der Waals surface area contributed by atoms with Crippen LogP contribution in [0.5, 0.6) is 0 Å². The summed E-state index contributed by atoms with van der Waals surface area (Å²) in [6, 6.07) is 14.0. The second-order valence-corrected chi connectivity index (χ2v) is 4.65. The van der Waals surface area contributed by atoms with E-state index in [1.165, 1.54) is 5.69 Å². The van der Waals surface area contributed by atoms with Gasteiger partial charge in [-0.15, -0.1) is 0 Å². The van der Waals surface area contributed by atoms with E-state index in [4.69, 9.17) is 5.73 Å². The standard InChI is InChI=1S/C15H15N3/c1-18(2)15-11-5-3-4-6-13(11)17-14-8-7-10(16)9-12(14)15/h3-9H,16H2,1-2H3. The molecule has 3 rings (SSSR count). The summed E-state index contributed by atoms with van der Waals surface area (Å²) in [6.07, 6.45) is 0. The Hall–Kier alpha value is -2.29. The van der Waals surface area contributed by atoms with Crippen molar-refractivity contribution in [1.82, 2.24) is 4.98 Å². The van der Waals surface area contributed by atoms with Crippen LogP contribution < -0.4 is 10.6 Å². The third-order valence-corrected chi connectivity index (χ3v) is 3.12. The number of anilines is 2. The quantitative estimate of drug-likeness (QED) is 0.522. The van der Waals surface area contributed by atoms with Crippen molar-refractivity contribution in [2.24, 2.45) is 0 Å². The number of pyridine rings is 1. The second kappa shape index (κ2) is 3.88. The van der Waals surface area contributed by atoms with Crippen molar-refractivity contribution in [2.75, 3.05) is 24.7 Å². The molecule has 0 aliphatic heterocycles. The Morgan fingerprint density at radius 1 is 0.944 bits per heavy atom. The van der Waals surface area contributed by atoms with E-state index in [2.05, 4.69) is 16.0 Å². The Labute approximate surface area is 106 Å². The molecule has 0 unspecified atom stereocenters. The number of nitrogen functional groups attached to an aromatic ring is 1. The number of hydrogen-bond acceptors (Lipinski definition) is 3. The molecule has 0 radical (unpaired) electrons. The van der Waals surface area contributed by atoms with Gasteiger partial charge in [-0.25, -0.2) is 4.98 Å². The minimum absolute atomic E-state index is 0.766. The van der Waals surface area contributed by atoms with Crippen molar-refractivity contribution in [3.8, 4) is 0 Å². The van der Waals surface area contributed by atoms with Crippen molar-refractivity contribution < 1.29 is 0 Å². The minimum Gasteiger partial charge on any atom is -0.399 e. The van der Waals surface area contributed by atoms with E-state index >= 15 is 0 Å². The predicted molar refractivity (Wildman–Crippen MR) is 78.0 cm³/mol. The number of rotatable bonds is 1. The van der Waals surface area contributed by atoms with Crippen molar-refractivity contribution >= 4 is 33.2 Å². The number of aromatic nitrogens is 1. The highest BCUT2D eigenvalue weighted by Crippen LogP contribution is 2.33.